The normalized spacial score (nSPS) is 13.1. The summed E-state index contributed by atoms with van der Waals surface area (Å²) in [6.07, 6.45) is 3.44. The van der Waals surface area contributed by atoms with Crippen LogP contribution in [0.3, 0.4) is 0 Å². The Bertz CT molecular complexity index is 461. The van der Waals surface area contributed by atoms with Crippen molar-refractivity contribution in [1.82, 2.24) is 20.2 Å². The monoisotopic (exact) mass is 248 g/mol. The summed E-state index contributed by atoms with van der Waals surface area (Å²) < 4.78 is 5.46. The molecule has 0 saturated carbocycles. The molecule has 0 aromatic carbocycles. The van der Waals surface area contributed by atoms with E-state index in [1.807, 2.05) is 19.1 Å². The Morgan fingerprint density at radius 2 is 2.33 bits per heavy atom. The van der Waals surface area contributed by atoms with E-state index in [1.165, 1.54) is 0 Å². The maximum Gasteiger partial charge on any atom is 0.122 e. The van der Waals surface area contributed by atoms with Gasteiger partial charge in [-0.05, 0) is 33.2 Å². The quantitative estimate of drug-likeness (QED) is 0.817. The fraction of sp³-hybridized carbons (Fsp3) is 0.462. The predicted octanol–water partition coefficient (Wildman–Crippen LogP) is 1.70. The SMILES string of the molecule is Cc1[nH]cnc1CNCC(c1ccco1)N(C)C. The summed E-state index contributed by atoms with van der Waals surface area (Å²) in [5.74, 6) is 0.978. The van der Waals surface area contributed by atoms with Gasteiger partial charge in [-0.25, -0.2) is 4.98 Å². The van der Waals surface area contributed by atoms with Crippen molar-refractivity contribution < 1.29 is 4.42 Å². The summed E-state index contributed by atoms with van der Waals surface area (Å²) >= 11 is 0. The third-order valence-corrected chi connectivity index (χ3v) is 3.06. The zero-order valence-corrected chi connectivity index (χ0v) is 11.1. The van der Waals surface area contributed by atoms with Crippen molar-refractivity contribution in [2.24, 2.45) is 0 Å². The molecule has 0 fully saturated rings. The van der Waals surface area contributed by atoms with Gasteiger partial charge in [0, 0.05) is 18.8 Å². The number of nitrogens with one attached hydrogen (secondary N) is 2. The van der Waals surface area contributed by atoms with Gasteiger partial charge in [0.15, 0.2) is 0 Å². The summed E-state index contributed by atoms with van der Waals surface area (Å²) in [5.41, 5.74) is 2.17. The minimum atomic E-state index is 0.235. The van der Waals surface area contributed by atoms with Gasteiger partial charge in [0.1, 0.15) is 5.76 Å². The molecule has 1 unspecified atom stereocenters. The van der Waals surface area contributed by atoms with Crippen molar-refractivity contribution in [2.45, 2.75) is 19.5 Å². The maximum absolute atomic E-state index is 5.46. The Morgan fingerprint density at radius 1 is 1.50 bits per heavy atom. The number of aromatic nitrogens is 2. The lowest BCUT2D eigenvalue weighted by molar-refractivity contribution is 0.250. The molecule has 2 N–H and O–H groups in total. The second-order valence-electron chi connectivity index (χ2n) is 4.60. The Morgan fingerprint density at radius 3 is 2.89 bits per heavy atom. The Kier molecular flexibility index (Phi) is 4.17. The summed E-state index contributed by atoms with van der Waals surface area (Å²) in [5, 5.41) is 3.41. The van der Waals surface area contributed by atoms with Gasteiger partial charge in [0.25, 0.3) is 0 Å². The van der Waals surface area contributed by atoms with E-state index < -0.39 is 0 Å². The number of aryl methyl sites for hydroxylation is 1. The first-order valence-corrected chi connectivity index (χ1v) is 6.08. The standard InChI is InChI=1S/C13H20N4O/c1-10-11(16-9-15-10)7-14-8-12(17(2)3)13-5-4-6-18-13/h4-6,9,12,14H,7-8H2,1-3H3,(H,15,16). The van der Waals surface area contributed by atoms with Gasteiger partial charge in [0.2, 0.25) is 0 Å². The average Bonchev–Trinajstić information content (AvgIpc) is 2.96. The van der Waals surface area contributed by atoms with Gasteiger partial charge in [-0.2, -0.15) is 0 Å². The highest BCUT2D eigenvalue weighted by atomic mass is 16.3. The molecule has 98 valence electrons. The zero-order chi connectivity index (χ0) is 13.0. The van der Waals surface area contributed by atoms with E-state index in [9.17, 15) is 0 Å². The number of aromatic amines is 1. The van der Waals surface area contributed by atoms with Crippen LogP contribution in [0.25, 0.3) is 0 Å². The number of likely N-dealkylation sites (N-methyl/N-ethyl adjacent to an activating group) is 1. The van der Waals surface area contributed by atoms with Crippen molar-refractivity contribution in [3.63, 3.8) is 0 Å². The van der Waals surface area contributed by atoms with Gasteiger partial charge in [-0.15, -0.1) is 0 Å². The van der Waals surface area contributed by atoms with Crippen molar-refractivity contribution in [3.05, 3.63) is 41.9 Å². The molecule has 0 saturated heterocycles. The molecule has 0 aliphatic heterocycles. The van der Waals surface area contributed by atoms with Gasteiger partial charge < -0.3 is 14.7 Å². The smallest absolute Gasteiger partial charge is 0.122 e. The molecule has 0 aliphatic carbocycles. The number of furan rings is 1. The van der Waals surface area contributed by atoms with E-state index in [4.69, 9.17) is 4.42 Å². The predicted molar refractivity (Wildman–Crippen MR) is 70.2 cm³/mol. The number of rotatable bonds is 6. The van der Waals surface area contributed by atoms with Crippen molar-refractivity contribution in [2.75, 3.05) is 20.6 Å². The second kappa shape index (κ2) is 5.84. The summed E-state index contributed by atoms with van der Waals surface area (Å²) in [6.45, 7) is 3.62. The van der Waals surface area contributed by atoms with Crippen LogP contribution in [-0.2, 0) is 6.54 Å². The molecule has 0 amide bonds. The fourth-order valence-electron chi connectivity index (χ4n) is 1.91. The highest BCUT2D eigenvalue weighted by Gasteiger charge is 2.16. The van der Waals surface area contributed by atoms with Crippen LogP contribution < -0.4 is 5.32 Å². The van der Waals surface area contributed by atoms with E-state index in [0.717, 1.165) is 30.2 Å². The maximum atomic E-state index is 5.46. The fourth-order valence-corrected chi connectivity index (χ4v) is 1.91. The van der Waals surface area contributed by atoms with Crippen LogP contribution in [0, 0.1) is 6.92 Å². The van der Waals surface area contributed by atoms with E-state index in [2.05, 4.69) is 34.3 Å². The van der Waals surface area contributed by atoms with Gasteiger partial charge >= 0.3 is 0 Å². The lowest BCUT2D eigenvalue weighted by Crippen LogP contribution is -2.30. The van der Waals surface area contributed by atoms with Crippen LogP contribution in [0.1, 0.15) is 23.2 Å². The van der Waals surface area contributed by atoms with Crippen LogP contribution in [0.15, 0.2) is 29.1 Å². The first-order valence-electron chi connectivity index (χ1n) is 6.08. The van der Waals surface area contributed by atoms with E-state index in [0.29, 0.717) is 0 Å². The lowest BCUT2D eigenvalue weighted by Gasteiger charge is -2.22. The molecule has 2 aromatic heterocycles. The molecule has 0 radical (unpaired) electrons. The van der Waals surface area contributed by atoms with Crippen LogP contribution in [0.5, 0.6) is 0 Å². The number of imidazole rings is 1. The topological polar surface area (TPSA) is 57.1 Å². The molecule has 2 heterocycles. The third kappa shape index (κ3) is 3.00. The molecule has 0 aliphatic rings. The second-order valence-corrected chi connectivity index (χ2v) is 4.60. The lowest BCUT2D eigenvalue weighted by atomic mass is 10.2. The van der Waals surface area contributed by atoms with E-state index in [-0.39, 0.29) is 6.04 Å². The largest absolute Gasteiger partial charge is 0.468 e. The van der Waals surface area contributed by atoms with Crippen LogP contribution >= 0.6 is 0 Å². The molecule has 0 spiro atoms. The van der Waals surface area contributed by atoms with Gasteiger partial charge in [-0.1, -0.05) is 0 Å². The third-order valence-electron chi connectivity index (χ3n) is 3.06. The molecule has 2 rings (SSSR count). The van der Waals surface area contributed by atoms with Gasteiger partial charge in [-0.3, -0.25) is 4.90 Å². The molecule has 5 heteroatoms. The van der Waals surface area contributed by atoms with Crippen LogP contribution in [-0.4, -0.2) is 35.5 Å². The van der Waals surface area contributed by atoms with E-state index >= 15 is 0 Å². The molecule has 5 nitrogen and oxygen atoms in total. The first-order chi connectivity index (χ1) is 8.68. The molecule has 18 heavy (non-hydrogen) atoms. The minimum absolute atomic E-state index is 0.235. The van der Waals surface area contributed by atoms with E-state index in [1.54, 1.807) is 12.6 Å². The number of hydrogen-bond acceptors (Lipinski definition) is 4. The minimum Gasteiger partial charge on any atom is -0.468 e. The first kappa shape index (κ1) is 12.9. The molecule has 2 aromatic rings. The number of hydrogen-bond donors (Lipinski definition) is 2. The summed E-state index contributed by atoms with van der Waals surface area (Å²) in [7, 11) is 4.10. The van der Waals surface area contributed by atoms with Crippen molar-refractivity contribution in [3.8, 4) is 0 Å². The highest BCUT2D eigenvalue weighted by Crippen LogP contribution is 2.17. The van der Waals surface area contributed by atoms with Crippen LogP contribution in [0.2, 0.25) is 0 Å². The van der Waals surface area contributed by atoms with Crippen molar-refractivity contribution >= 4 is 0 Å². The summed E-state index contributed by atoms with van der Waals surface area (Å²) in [4.78, 5) is 9.48. The zero-order valence-electron chi connectivity index (χ0n) is 11.1. The van der Waals surface area contributed by atoms with Crippen molar-refractivity contribution in [1.29, 1.82) is 0 Å². The Hall–Kier alpha value is -1.59. The van der Waals surface area contributed by atoms with Gasteiger partial charge in [0.05, 0.1) is 24.3 Å². The van der Waals surface area contributed by atoms with Crippen LogP contribution in [0.4, 0.5) is 0 Å². The number of nitrogens with zero attached hydrogens (tertiary/aromatic N) is 2. The number of H-pyrrole nitrogens is 1. The summed E-state index contributed by atoms with van der Waals surface area (Å²) in [6, 6.07) is 4.16. The Balaban J connectivity index is 1.89. The average molecular weight is 248 g/mol. The molecular formula is C13H20N4O. The molecule has 0 bridgehead atoms. The molecule has 1 atom stereocenters. The Labute approximate surface area is 107 Å². The molecular weight excluding hydrogens is 228 g/mol. The highest BCUT2D eigenvalue weighted by molar-refractivity contribution is 5.09.